The second-order valence-electron chi connectivity index (χ2n) is 9.57. The first-order valence-electron chi connectivity index (χ1n) is 12.8. The normalized spacial score (nSPS) is 18.5. The van der Waals surface area contributed by atoms with Crippen LogP contribution in [0.1, 0.15) is 30.9 Å². The van der Waals surface area contributed by atoms with Gasteiger partial charge < -0.3 is 20.3 Å². The predicted octanol–water partition coefficient (Wildman–Crippen LogP) is 3.04. The van der Waals surface area contributed by atoms with Gasteiger partial charge in [-0.25, -0.2) is 9.97 Å². The van der Waals surface area contributed by atoms with E-state index >= 15 is 0 Å². The zero-order valence-corrected chi connectivity index (χ0v) is 21.9. The maximum atomic E-state index is 12.4. The van der Waals surface area contributed by atoms with E-state index in [1.807, 2.05) is 67.5 Å². The van der Waals surface area contributed by atoms with Gasteiger partial charge in [-0.15, -0.1) is 0 Å². The lowest BCUT2D eigenvalue weighted by Crippen LogP contribution is -2.42. The van der Waals surface area contributed by atoms with Crippen LogP contribution in [0, 0.1) is 11.8 Å². The van der Waals surface area contributed by atoms with E-state index in [0.29, 0.717) is 19.6 Å². The van der Waals surface area contributed by atoms with Crippen molar-refractivity contribution in [1.82, 2.24) is 25.1 Å². The van der Waals surface area contributed by atoms with Crippen LogP contribution < -0.4 is 15.4 Å². The molecule has 1 fully saturated rings. The molecule has 2 atom stereocenters. The zero-order valence-electron chi connectivity index (χ0n) is 21.9. The first kappa shape index (κ1) is 26.4. The summed E-state index contributed by atoms with van der Waals surface area (Å²) in [6, 6.07) is 10.1. The summed E-state index contributed by atoms with van der Waals surface area (Å²) in [5, 5.41) is 7.04. The first-order chi connectivity index (χ1) is 18.0. The molecule has 37 heavy (non-hydrogen) atoms. The Morgan fingerprint density at radius 3 is 2.70 bits per heavy atom. The van der Waals surface area contributed by atoms with Gasteiger partial charge in [-0.2, -0.15) is 0 Å². The van der Waals surface area contributed by atoms with Crippen LogP contribution in [-0.2, 0) is 4.79 Å². The number of nitrogens with one attached hydrogen (secondary N) is 2. The Labute approximate surface area is 219 Å². The summed E-state index contributed by atoms with van der Waals surface area (Å²) in [6.07, 6.45) is 12.4. The Balaban J connectivity index is 1.36. The number of ether oxygens (including phenoxy) is 1. The van der Waals surface area contributed by atoms with E-state index in [0.717, 1.165) is 42.0 Å². The number of amides is 1. The van der Waals surface area contributed by atoms with Gasteiger partial charge in [0, 0.05) is 37.3 Å². The Kier molecular flexibility index (Phi) is 9.30. The van der Waals surface area contributed by atoms with Gasteiger partial charge in [0.15, 0.2) is 0 Å². The maximum Gasteiger partial charge on any atom is 0.298 e. The quantitative estimate of drug-likeness (QED) is 0.539. The number of piperidine rings is 1. The molecular weight excluding hydrogens is 464 g/mol. The van der Waals surface area contributed by atoms with Gasteiger partial charge in [0.25, 0.3) is 5.91 Å². The number of hydrogen-bond acceptors (Lipinski definition) is 7. The van der Waals surface area contributed by atoms with Gasteiger partial charge in [-0.3, -0.25) is 9.69 Å². The third-order valence-electron chi connectivity index (χ3n) is 6.51. The summed E-state index contributed by atoms with van der Waals surface area (Å²) >= 11 is 0. The number of benzene rings is 1. The molecule has 194 valence electrons. The number of hydrogen-bond donors (Lipinski definition) is 2. The van der Waals surface area contributed by atoms with Crippen LogP contribution in [0.4, 0.5) is 5.82 Å². The van der Waals surface area contributed by atoms with Crippen molar-refractivity contribution in [3.8, 4) is 17.6 Å². The minimum Gasteiger partial charge on any atom is -0.486 e. The van der Waals surface area contributed by atoms with E-state index in [2.05, 4.69) is 50.7 Å². The summed E-state index contributed by atoms with van der Waals surface area (Å²) in [5.41, 5.74) is 2.15. The number of carbonyl (C=O) groups is 1. The average Bonchev–Trinajstić information content (AvgIpc) is 2.92. The van der Waals surface area contributed by atoms with Gasteiger partial charge in [0.1, 0.15) is 24.0 Å². The van der Waals surface area contributed by atoms with Gasteiger partial charge in [0.05, 0.1) is 12.6 Å². The molecule has 1 aromatic heterocycles. The Morgan fingerprint density at radius 2 is 2.03 bits per heavy atom. The number of para-hydroxylation sites is 1. The molecule has 2 N–H and O–H groups in total. The molecule has 1 saturated heterocycles. The third-order valence-corrected chi connectivity index (χ3v) is 6.51. The van der Waals surface area contributed by atoms with Crippen LogP contribution in [0.25, 0.3) is 0 Å². The van der Waals surface area contributed by atoms with Crippen molar-refractivity contribution in [2.24, 2.45) is 0 Å². The lowest BCUT2D eigenvalue weighted by molar-refractivity contribution is -0.126. The molecule has 0 bridgehead atoms. The highest BCUT2D eigenvalue weighted by atomic mass is 16.5. The van der Waals surface area contributed by atoms with E-state index in [1.54, 1.807) is 6.33 Å². The van der Waals surface area contributed by atoms with Crippen LogP contribution in [0.15, 0.2) is 66.7 Å². The lowest BCUT2D eigenvalue weighted by Gasteiger charge is -2.32. The summed E-state index contributed by atoms with van der Waals surface area (Å²) < 4.78 is 6.08. The highest BCUT2D eigenvalue weighted by molar-refractivity contribution is 5.93. The SMILES string of the molecule is CNC(C1=CCC(Oc2ccccc2)C=C1)c1cncnc1NC1CCN(C(=O)C#CCN(C)C)CC1. The highest BCUT2D eigenvalue weighted by Crippen LogP contribution is 2.31. The maximum absolute atomic E-state index is 12.4. The number of aromatic nitrogens is 2. The second-order valence-corrected chi connectivity index (χ2v) is 9.57. The number of carbonyl (C=O) groups excluding carboxylic acids is 1. The van der Waals surface area contributed by atoms with Crippen molar-refractivity contribution in [1.29, 1.82) is 0 Å². The lowest BCUT2D eigenvalue weighted by atomic mass is 9.94. The van der Waals surface area contributed by atoms with E-state index < -0.39 is 0 Å². The van der Waals surface area contributed by atoms with Crippen LogP contribution in [0.2, 0.25) is 0 Å². The van der Waals surface area contributed by atoms with E-state index in [-0.39, 0.29) is 24.1 Å². The molecule has 2 aliphatic rings. The molecule has 8 heteroatoms. The number of nitrogens with zero attached hydrogens (tertiary/aromatic N) is 4. The standard InChI is InChI=1S/C29H36N6O2/c1-30-28(22-11-13-25(14-12-22)37-24-8-5-4-6-9-24)26-20-31-21-32-29(26)33-23-15-18-35(19-16-23)27(36)10-7-17-34(2)3/h4-6,8-9,11-13,20-21,23,25,28,30H,14-19H2,1-3H3,(H,31,32,33). The molecule has 0 saturated carbocycles. The van der Waals surface area contributed by atoms with Gasteiger partial charge in [-0.1, -0.05) is 36.3 Å². The van der Waals surface area contributed by atoms with Crippen molar-refractivity contribution < 1.29 is 9.53 Å². The number of anilines is 1. The van der Waals surface area contributed by atoms with Crippen LogP contribution in [0.5, 0.6) is 5.75 Å². The molecule has 1 aromatic carbocycles. The van der Waals surface area contributed by atoms with Crippen molar-refractivity contribution in [2.45, 2.75) is 37.5 Å². The summed E-state index contributed by atoms with van der Waals surface area (Å²) in [7, 11) is 5.83. The molecule has 1 amide bonds. The van der Waals surface area contributed by atoms with Crippen molar-refractivity contribution in [2.75, 3.05) is 46.1 Å². The smallest absolute Gasteiger partial charge is 0.298 e. The van der Waals surface area contributed by atoms with Crippen molar-refractivity contribution in [3.63, 3.8) is 0 Å². The topological polar surface area (TPSA) is 82.6 Å². The minimum atomic E-state index is -0.0937. The van der Waals surface area contributed by atoms with Crippen LogP contribution in [0.3, 0.4) is 0 Å². The van der Waals surface area contributed by atoms with Gasteiger partial charge in [-0.05, 0) is 63.7 Å². The third kappa shape index (κ3) is 7.42. The number of likely N-dealkylation sites (tertiary alicyclic amines) is 1. The summed E-state index contributed by atoms with van der Waals surface area (Å²) in [6.45, 7) is 1.94. The Morgan fingerprint density at radius 1 is 1.24 bits per heavy atom. The number of likely N-dealkylation sites (N-methyl/N-ethyl adjacent to an activating group) is 1. The molecular formula is C29H36N6O2. The molecule has 2 heterocycles. The Bertz CT molecular complexity index is 1160. The predicted molar refractivity (Wildman–Crippen MR) is 146 cm³/mol. The highest BCUT2D eigenvalue weighted by Gasteiger charge is 2.25. The fraction of sp³-hybridized carbons (Fsp3) is 0.414. The largest absolute Gasteiger partial charge is 0.486 e. The molecule has 0 spiro atoms. The van der Waals surface area contributed by atoms with Crippen molar-refractivity contribution >= 4 is 11.7 Å². The van der Waals surface area contributed by atoms with Gasteiger partial charge >= 0.3 is 0 Å². The van der Waals surface area contributed by atoms with E-state index in [1.165, 1.54) is 0 Å². The Hall–Kier alpha value is -3.67. The molecule has 0 radical (unpaired) electrons. The van der Waals surface area contributed by atoms with E-state index in [9.17, 15) is 4.79 Å². The number of rotatable bonds is 8. The molecule has 1 aliphatic heterocycles. The first-order valence-corrected chi connectivity index (χ1v) is 12.8. The summed E-state index contributed by atoms with van der Waals surface area (Å²) in [4.78, 5) is 25.1. The molecule has 8 nitrogen and oxygen atoms in total. The monoisotopic (exact) mass is 500 g/mol. The molecule has 1 aliphatic carbocycles. The van der Waals surface area contributed by atoms with Gasteiger partial charge in [0.2, 0.25) is 0 Å². The second kappa shape index (κ2) is 13.0. The summed E-state index contributed by atoms with van der Waals surface area (Å²) in [5.74, 6) is 7.29. The average molecular weight is 501 g/mol. The van der Waals surface area contributed by atoms with E-state index in [4.69, 9.17) is 4.74 Å². The fourth-order valence-corrected chi connectivity index (χ4v) is 4.54. The minimum absolute atomic E-state index is 0.00809. The molecule has 2 aromatic rings. The van der Waals surface area contributed by atoms with Crippen molar-refractivity contribution in [3.05, 3.63) is 72.2 Å². The van der Waals surface area contributed by atoms with Crippen LogP contribution in [-0.4, -0.2) is 78.6 Å². The van der Waals surface area contributed by atoms with Crippen LogP contribution >= 0.6 is 0 Å². The fourth-order valence-electron chi connectivity index (χ4n) is 4.54. The molecule has 4 rings (SSSR count). The zero-order chi connectivity index (χ0) is 26.0. The molecule has 2 unspecified atom stereocenters.